The van der Waals surface area contributed by atoms with Crippen LogP contribution in [0, 0.1) is 0 Å². The summed E-state index contributed by atoms with van der Waals surface area (Å²) < 4.78 is 9.71. The molecule has 1 aliphatic rings. The second kappa shape index (κ2) is 6.70. The van der Waals surface area contributed by atoms with Crippen LogP contribution in [0.2, 0.25) is 0 Å². The molecule has 1 aromatic carbocycles. The summed E-state index contributed by atoms with van der Waals surface area (Å²) in [6, 6.07) is 14.4. The molecule has 24 heavy (non-hydrogen) atoms. The van der Waals surface area contributed by atoms with Crippen molar-refractivity contribution < 1.29 is 9.53 Å². The highest BCUT2D eigenvalue weighted by Crippen LogP contribution is 2.33. The number of thiophene rings is 1. The van der Waals surface area contributed by atoms with Crippen molar-refractivity contribution in [2.45, 2.75) is 6.54 Å². The van der Waals surface area contributed by atoms with Gasteiger partial charge in [-0.3, -0.25) is 4.79 Å². The van der Waals surface area contributed by atoms with Gasteiger partial charge in [-0.1, -0.05) is 30.3 Å². The molecule has 0 N–H and O–H groups in total. The molecule has 3 heterocycles. The van der Waals surface area contributed by atoms with Gasteiger partial charge in [0, 0.05) is 19.6 Å². The van der Waals surface area contributed by atoms with E-state index in [9.17, 15) is 4.79 Å². The molecule has 1 saturated heterocycles. The zero-order chi connectivity index (χ0) is 16.5. The number of hydrogen-bond donors (Lipinski definition) is 0. The maximum Gasteiger partial charge on any atom is 0.270 e. The molecule has 0 spiro atoms. The molecular weight excluding hydrogens is 388 g/mol. The van der Waals surface area contributed by atoms with Crippen LogP contribution in [-0.4, -0.2) is 41.7 Å². The summed E-state index contributed by atoms with van der Waals surface area (Å²) in [7, 11) is 0. The van der Waals surface area contributed by atoms with Crippen molar-refractivity contribution in [3.63, 3.8) is 0 Å². The fraction of sp³-hybridized carbons (Fsp3) is 0.278. The Morgan fingerprint density at radius 2 is 1.92 bits per heavy atom. The first kappa shape index (κ1) is 15.9. The lowest BCUT2D eigenvalue weighted by Gasteiger charge is -2.27. The summed E-state index contributed by atoms with van der Waals surface area (Å²) in [5.41, 5.74) is 3.05. The van der Waals surface area contributed by atoms with Gasteiger partial charge in [0.2, 0.25) is 0 Å². The SMILES string of the molecule is O=C(c1cc2sc(Br)cc2n1Cc1ccccc1)N1CCOCC1. The van der Waals surface area contributed by atoms with Crippen molar-refractivity contribution in [2.75, 3.05) is 26.3 Å². The van der Waals surface area contributed by atoms with E-state index in [2.05, 4.69) is 38.7 Å². The molecule has 2 aromatic heterocycles. The molecule has 4 nitrogen and oxygen atoms in total. The zero-order valence-electron chi connectivity index (χ0n) is 13.1. The predicted molar refractivity (Wildman–Crippen MR) is 99.8 cm³/mol. The first-order valence-corrected chi connectivity index (χ1v) is 9.53. The van der Waals surface area contributed by atoms with Crippen LogP contribution in [0.3, 0.4) is 0 Å². The number of carbonyl (C=O) groups excluding carboxylic acids is 1. The molecule has 0 unspecified atom stereocenters. The molecular formula is C18H17BrN2O2S. The van der Waals surface area contributed by atoms with Crippen LogP contribution in [0.4, 0.5) is 0 Å². The molecule has 6 heteroatoms. The van der Waals surface area contributed by atoms with Crippen molar-refractivity contribution in [1.29, 1.82) is 0 Å². The van der Waals surface area contributed by atoms with E-state index in [-0.39, 0.29) is 5.91 Å². The zero-order valence-corrected chi connectivity index (χ0v) is 15.5. The first-order valence-electron chi connectivity index (χ1n) is 7.92. The van der Waals surface area contributed by atoms with Crippen molar-refractivity contribution in [1.82, 2.24) is 9.47 Å². The Balaban J connectivity index is 1.75. The Bertz CT molecular complexity index is 866. The Kier molecular flexibility index (Phi) is 4.43. The number of carbonyl (C=O) groups is 1. The van der Waals surface area contributed by atoms with Crippen LogP contribution in [0.25, 0.3) is 10.2 Å². The van der Waals surface area contributed by atoms with Gasteiger partial charge in [-0.2, -0.15) is 0 Å². The third-order valence-electron chi connectivity index (χ3n) is 4.26. The van der Waals surface area contributed by atoms with E-state index in [0.717, 1.165) is 19.7 Å². The maximum absolute atomic E-state index is 13.0. The van der Waals surface area contributed by atoms with E-state index in [1.165, 1.54) is 5.56 Å². The van der Waals surface area contributed by atoms with Gasteiger partial charge in [-0.25, -0.2) is 0 Å². The number of rotatable bonds is 3. The fourth-order valence-corrected chi connectivity index (χ4v) is 4.62. The summed E-state index contributed by atoms with van der Waals surface area (Å²) in [6.45, 7) is 3.24. The Morgan fingerprint density at radius 3 is 2.67 bits per heavy atom. The highest BCUT2D eigenvalue weighted by molar-refractivity contribution is 9.11. The second-order valence-electron chi connectivity index (χ2n) is 5.81. The summed E-state index contributed by atoms with van der Waals surface area (Å²) >= 11 is 5.22. The third kappa shape index (κ3) is 3.01. The Morgan fingerprint density at radius 1 is 1.17 bits per heavy atom. The normalized spacial score (nSPS) is 15.1. The van der Waals surface area contributed by atoms with E-state index < -0.39 is 0 Å². The maximum atomic E-state index is 13.0. The molecule has 1 aliphatic heterocycles. The predicted octanol–water partition coefficient (Wildman–Crippen LogP) is 3.99. The molecule has 0 atom stereocenters. The van der Waals surface area contributed by atoms with E-state index in [1.807, 2.05) is 29.2 Å². The van der Waals surface area contributed by atoms with Crippen molar-refractivity contribution in [3.8, 4) is 0 Å². The summed E-state index contributed by atoms with van der Waals surface area (Å²) in [5, 5.41) is 0. The van der Waals surface area contributed by atoms with Gasteiger partial charge >= 0.3 is 0 Å². The van der Waals surface area contributed by atoms with Crippen molar-refractivity contribution in [2.24, 2.45) is 0 Å². The van der Waals surface area contributed by atoms with Gasteiger partial charge in [-0.15, -0.1) is 11.3 Å². The number of nitrogens with zero attached hydrogens (tertiary/aromatic N) is 2. The number of fused-ring (bicyclic) bond motifs is 1. The summed E-state index contributed by atoms with van der Waals surface area (Å²) in [6.07, 6.45) is 0. The molecule has 0 aliphatic carbocycles. The number of halogens is 1. The van der Waals surface area contributed by atoms with Crippen LogP contribution < -0.4 is 0 Å². The van der Waals surface area contributed by atoms with Crippen LogP contribution in [-0.2, 0) is 11.3 Å². The molecule has 124 valence electrons. The molecule has 1 fully saturated rings. The minimum absolute atomic E-state index is 0.0914. The van der Waals surface area contributed by atoms with Gasteiger partial charge in [0.15, 0.2) is 0 Å². The lowest BCUT2D eigenvalue weighted by molar-refractivity contribution is 0.0296. The number of amides is 1. The Labute approximate surface area is 152 Å². The number of hydrogen-bond acceptors (Lipinski definition) is 3. The smallest absolute Gasteiger partial charge is 0.270 e. The van der Waals surface area contributed by atoms with Crippen molar-refractivity contribution >= 4 is 43.4 Å². The van der Waals surface area contributed by atoms with Crippen molar-refractivity contribution in [3.05, 3.63) is 57.5 Å². The molecule has 1 amide bonds. The van der Waals surface area contributed by atoms with Crippen LogP contribution in [0.15, 0.2) is 46.3 Å². The van der Waals surface area contributed by atoms with Gasteiger partial charge in [0.1, 0.15) is 5.69 Å². The van der Waals surface area contributed by atoms with Crippen LogP contribution >= 0.6 is 27.3 Å². The lowest BCUT2D eigenvalue weighted by Crippen LogP contribution is -2.41. The highest BCUT2D eigenvalue weighted by atomic mass is 79.9. The fourth-order valence-electron chi connectivity index (χ4n) is 3.05. The van der Waals surface area contributed by atoms with Crippen LogP contribution in [0.5, 0.6) is 0 Å². The van der Waals surface area contributed by atoms with E-state index in [1.54, 1.807) is 11.3 Å². The lowest BCUT2D eigenvalue weighted by atomic mass is 10.2. The first-order chi connectivity index (χ1) is 11.7. The van der Waals surface area contributed by atoms with E-state index in [0.29, 0.717) is 32.8 Å². The summed E-state index contributed by atoms with van der Waals surface area (Å²) in [5.74, 6) is 0.0914. The number of ether oxygens (including phenoxy) is 1. The second-order valence-corrected chi connectivity index (χ2v) is 8.27. The number of morpholine rings is 1. The molecule has 0 radical (unpaired) electrons. The summed E-state index contributed by atoms with van der Waals surface area (Å²) in [4.78, 5) is 14.9. The largest absolute Gasteiger partial charge is 0.378 e. The van der Waals surface area contributed by atoms with Crippen LogP contribution in [0.1, 0.15) is 16.1 Å². The third-order valence-corrected chi connectivity index (χ3v) is 5.83. The van der Waals surface area contributed by atoms with Gasteiger partial charge in [0.05, 0.1) is 27.2 Å². The topological polar surface area (TPSA) is 34.5 Å². The van der Waals surface area contributed by atoms with Gasteiger partial charge < -0.3 is 14.2 Å². The average molecular weight is 405 g/mol. The highest BCUT2D eigenvalue weighted by Gasteiger charge is 2.24. The monoisotopic (exact) mass is 404 g/mol. The van der Waals surface area contributed by atoms with Gasteiger partial charge in [0.25, 0.3) is 5.91 Å². The van der Waals surface area contributed by atoms with E-state index >= 15 is 0 Å². The van der Waals surface area contributed by atoms with Gasteiger partial charge in [-0.05, 0) is 33.6 Å². The number of benzene rings is 1. The molecule has 3 aromatic rings. The average Bonchev–Trinajstić information content (AvgIpc) is 3.13. The number of aromatic nitrogens is 1. The minimum atomic E-state index is 0.0914. The minimum Gasteiger partial charge on any atom is -0.378 e. The standard InChI is InChI=1S/C18H17BrN2O2S/c19-17-11-14-16(24-17)10-15(18(22)20-6-8-23-9-7-20)21(14)12-13-4-2-1-3-5-13/h1-5,10-11H,6-9,12H2. The molecule has 4 rings (SSSR count). The molecule has 0 saturated carbocycles. The molecule has 0 bridgehead atoms. The quantitative estimate of drug-likeness (QED) is 0.661. The Hall–Kier alpha value is -1.63. The van der Waals surface area contributed by atoms with E-state index in [4.69, 9.17) is 4.74 Å².